The van der Waals surface area contributed by atoms with Crippen LogP contribution in [0.4, 0.5) is 0 Å². The molecule has 0 saturated carbocycles. The molecule has 0 atom stereocenters. The first-order valence-corrected chi connectivity index (χ1v) is 5.63. The van der Waals surface area contributed by atoms with Crippen molar-refractivity contribution in [1.82, 2.24) is 4.98 Å². The molecular formula is C15H13NO2. The monoisotopic (exact) mass is 239 g/mol. The van der Waals surface area contributed by atoms with Crippen LogP contribution in [-0.2, 0) is 0 Å². The molecule has 1 aromatic carbocycles. The van der Waals surface area contributed by atoms with Gasteiger partial charge in [-0.1, -0.05) is 36.9 Å². The zero-order valence-corrected chi connectivity index (χ0v) is 10.1. The minimum atomic E-state index is -0.309. The van der Waals surface area contributed by atoms with E-state index in [1.54, 1.807) is 43.3 Å². The quantitative estimate of drug-likeness (QED) is 0.875. The molecular weight excluding hydrogens is 226 g/mol. The molecule has 1 heterocycles. The second kappa shape index (κ2) is 4.84. The number of hydrogen-bond donors (Lipinski definition) is 1. The number of allylic oxidation sites excluding steroid dienone is 1. The van der Waals surface area contributed by atoms with Gasteiger partial charge >= 0.3 is 0 Å². The second-order valence-corrected chi connectivity index (χ2v) is 3.86. The highest BCUT2D eigenvalue weighted by Crippen LogP contribution is 2.09. The number of nitrogens with one attached hydrogen (secondary N) is 1. The summed E-state index contributed by atoms with van der Waals surface area (Å²) in [7, 11) is 0. The van der Waals surface area contributed by atoms with Gasteiger partial charge in [0.05, 0.1) is 11.1 Å². The smallest absolute Gasteiger partial charge is 0.256 e. The van der Waals surface area contributed by atoms with E-state index in [0.717, 1.165) is 0 Å². The van der Waals surface area contributed by atoms with Crippen molar-refractivity contribution in [1.29, 1.82) is 0 Å². The lowest BCUT2D eigenvalue weighted by molar-refractivity contribution is 1.31. The first-order chi connectivity index (χ1) is 8.69. The van der Waals surface area contributed by atoms with E-state index in [1.807, 2.05) is 0 Å². The highest BCUT2D eigenvalue weighted by Gasteiger charge is 2.07. The lowest BCUT2D eigenvalue weighted by atomic mass is 10.1. The third kappa shape index (κ3) is 1.91. The Hall–Kier alpha value is -2.42. The predicted molar refractivity (Wildman–Crippen MR) is 75.6 cm³/mol. The zero-order valence-electron chi connectivity index (χ0n) is 10.1. The molecule has 0 aliphatic carbocycles. The maximum Gasteiger partial charge on any atom is 0.256 e. The number of aromatic nitrogens is 1. The number of aromatic amines is 1. The van der Waals surface area contributed by atoms with E-state index in [9.17, 15) is 9.59 Å². The molecule has 0 bridgehead atoms. The van der Waals surface area contributed by atoms with Crippen molar-refractivity contribution < 1.29 is 0 Å². The molecule has 90 valence electrons. The summed E-state index contributed by atoms with van der Waals surface area (Å²) in [6.07, 6.45) is 4.79. The van der Waals surface area contributed by atoms with Gasteiger partial charge in [-0.05, 0) is 19.1 Å². The van der Waals surface area contributed by atoms with Gasteiger partial charge in [0.2, 0.25) is 0 Å². The van der Waals surface area contributed by atoms with Crippen LogP contribution in [0, 0.1) is 0 Å². The summed E-state index contributed by atoms with van der Waals surface area (Å²) in [4.78, 5) is 27.1. The van der Waals surface area contributed by atoms with Crippen molar-refractivity contribution >= 4 is 23.1 Å². The molecule has 0 fully saturated rings. The van der Waals surface area contributed by atoms with E-state index in [2.05, 4.69) is 11.6 Å². The Morgan fingerprint density at radius 2 is 1.89 bits per heavy atom. The van der Waals surface area contributed by atoms with Gasteiger partial charge in [0.15, 0.2) is 5.43 Å². The molecule has 0 amide bonds. The largest absolute Gasteiger partial charge is 0.321 e. The van der Waals surface area contributed by atoms with Crippen molar-refractivity contribution in [2.45, 2.75) is 6.92 Å². The van der Waals surface area contributed by atoms with Crippen LogP contribution >= 0.6 is 0 Å². The summed E-state index contributed by atoms with van der Waals surface area (Å²) in [5.41, 5.74) is 0.726. The number of fused-ring (bicyclic) bond motifs is 1. The number of para-hydroxylation sites is 1. The lowest BCUT2D eigenvalue weighted by Gasteiger charge is -1.92. The zero-order chi connectivity index (χ0) is 13.1. The molecule has 3 nitrogen and oxygen atoms in total. The first kappa shape index (κ1) is 12.0. The number of benzene rings is 1. The van der Waals surface area contributed by atoms with Crippen LogP contribution in [0.25, 0.3) is 23.1 Å². The summed E-state index contributed by atoms with van der Waals surface area (Å²) in [6.45, 7) is 5.40. The average Bonchev–Trinajstić information content (AvgIpc) is 2.47. The molecule has 3 heteroatoms. The molecule has 0 radical (unpaired) electrons. The minimum Gasteiger partial charge on any atom is -0.321 e. The van der Waals surface area contributed by atoms with E-state index < -0.39 is 0 Å². The second-order valence-electron chi connectivity index (χ2n) is 3.86. The van der Waals surface area contributed by atoms with Crippen molar-refractivity contribution in [3.8, 4) is 0 Å². The van der Waals surface area contributed by atoms with Crippen LogP contribution in [0.2, 0.25) is 0 Å². The first-order valence-electron chi connectivity index (χ1n) is 5.63. The normalized spacial score (nSPS) is 10.9. The minimum absolute atomic E-state index is 0.169. The van der Waals surface area contributed by atoms with Crippen LogP contribution in [-0.4, -0.2) is 4.98 Å². The van der Waals surface area contributed by atoms with Gasteiger partial charge in [0, 0.05) is 10.9 Å². The average molecular weight is 239 g/mol. The van der Waals surface area contributed by atoms with E-state index in [1.165, 1.54) is 6.08 Å². The summed E-state index contributed by atoms with van der Waals surface area (Å²) >= 11 is 0. The summed E-state index contributed by atoms with van der Waals surface area (Å²) in [5, 5.41) is 0.496. The maximum atomic E-state index is 12.4. The van der Waals surface area contributed by atoms with Crippen molar-refractivity contribution in [3.63, 3.8) is 0 Å². The lowest BCUT2D eigenvalue weighted by Crippen LogP contribution is -2.10. The van der Waals surface area contributed by atoms with Crippen molar-refractivity contribution in [3.05, 3.63) is 68.6 Å². The molecule has 1 aromatic heterocycles. The molecule has 2 aromatic rings. The molecule has 2 rings (SSSR count). The molecule has 0 spiro atoms. The number of H-pyrrole nitrogens is 1. The highest BCUT2D eigenvalue weighted by molar-refractivity contribution is 5.81. The van der Waals surface area contributed by atoms with E-state index in [-0.39, 0.29) is 11.0 Å². The van der Waals surface area contributed by atoms with Gasteiger partial charge in [-0.2, -0.15) is 0 Å². The molecule has 0 saturated heterocycles. The highest BCUT2D eigenvalue weighted by atomic mass is 16.1. The predicted octanol–water partition coefficient (Wildman–Crippen LogP) is 2.56. The molecule has 0 unspecified atom stereocenters. The fourth-order valence-corrected chi connectivity index (χ4v) is 1.90. The van der Waals surface area contributed by atoms with Crippen LogP contribution in [0.5, 0.6) is 0 Å². The third-order valence-electron chi connectivity index (χ3n) is 2.74. The Kier molecular flexibility index (Phi) is 3.24. The van der Waals surface area contributed by atoms with Gasteiger partial charge < -0.3 is 4.98 Å². The Bertz CT molecular complexity index is 754. The molecule has 0 aliphatic rings. The summed E-state index contributed by atoms with van der Waals surface area (Å²) < 4.78 is 0. The number of rotatable bonds is 2. The van der Waals surface area contributed by atoms with Crippen LogP contribution in [0.15, 0.2) is 46.5 Å². The van der Waals surface area contributed by atoms with Crippen molar-refractivity contribution in [2.75, 3.05) is 0 Å². The van der Waals surface area contributed by atoms with E-state index >= 15 is 0 Å². The fraction of sp³-hybridized carbons (Fsp3) is 0.0667. The summed E-state index contributed by atoms with van der Waals surface area (Å²) in [5.74, 6) is 0. The van der Waals surface area contributed by atoms with Crippen LogP contribution in [0.1, 0.15) is 18.1 Å². The topological polar surface area (TPSA) is 49.9 Å². The maximum absolute atomic E-state index is 12.4. The Morgan fingerprint density at radius 3 is 2.56 bits per heavy atom. The molecule has 18 heavy (non-hydrogen) atoms. The Labute approximate surface area is 104 Å². The Balaban J connectivity index is 3.15. The summed E-state index contributed by atoms with van der Waals surface area (Å²) in [6, 6.07) is 6.97. The molecule has 0 aliphatic heterocycles. The van der Waals surface area contributed by atoms with Gasteiger partial charge in [0.1, 0.15) is 0 Å². The van der Waals surface area contributed by atoms with E-state index in [0.29, 0.717) is 22.0 Å². The van der Waals surface area contributed by atoms with Gasteiger partial charge in [-0.3, -0.25) is 9.59 Å². The van der Waals surface area contributed by atoms with Crippen LogP contribution in [0.3, 0.4) is 0 Å². The standard InChI is InChI=1S/C15H13NO2/c1-3-7-11-10(4-2)15(18)16-13-9-6-5-8-12(13)14(11)17/h3-9H,2H2,1H3,(H,16,18)/b7-3-. The molecule has 1 N–H and O–H groups in total. The van der Waals surface area contributed by atoms with Crippen LogP contribution < -0.4 is 11.0 Å². The SMILES string of the molecule is C=Cc1c(/C=C\C)c(=O)c2ccccc2[nH]c1=O. The van der Waals surface area contributed by atoms with Gasteiger partial charge in [0.25, 0.3) is 5.56 Å². The van der Waals surface area contributed by atoms with Gasteiger partial charge in [-0.25, -0.2) is 0 Å². The van der Waals surface area contributed by atoms with Crippen molar-refractivity contribution in [2.24, 2.45) is 0 Å². The van der Waals surface area contributed by atoms with E-state index in [4.69, 9.17) is 0 Å². The fourth-order valence-electron chi connectivity index (χ4n) is 1.90. The Morgan fingerprint density at radius 1 is 1.17 bits per heavy atom. The van der Waals surface area contributed by atoms with Gasteiger partial charge in [-0.15, -0.1) is 0 Å². The number of hydrogen-bond acceptors (Lipinski definition) is 2. The third-order valence-corrected chi connectivity index (χ3v) is 2.74.